The molecule has 46 heavy (non-hydrogen) atoms. The molecule has 246 valence electrons. The summed E-state index contributed by atoms with van der Waals surface area (Å²) in [6, 6.07) is 6.49. The molecule has 0 saturated carbocycles. The van der Waals surface area contributed by atoms with Crippen LogP contribution in [-0.4, -0.2) is 83.0 Å². The highest BCUT2D eigenvalue weighted by Crippen LogP contribution is 2.36. The number of ether oxygens (including phenoxy) is 2. The van der Waals surface area contributed by atoms with Gasteiger partial charge in [-0.05, 0) is 82.9 Å². The molecular weight excluding hydrogens is 662 g/mol. The number of nitrogens with zero attached hydrogens (tertiary/aromatic N) is 8. The molecule has 5 heterocycles. The van der Waals surface area contributed by atoms with Gasteiger partial charge >= 0.3 is 19.1 Å². The van der Waals surface area contributed by atoms with Gasteiger partial charge in [0.25, 0.3) is 0 Å². The molecular formula is C28H34BCl3N8O6. The molecule has 0 N–H and O–H groups in total. The second-order valence-corrected chi connectivity index (χ2v) is 11.6. The molecule has 1 saturated heterocycles. The molecule has 4 aromatic rings. The molecule has 4 aromatic heterocycles. The first-order chi connectivity index (χ1) is 21.5. The summed E-state index contributed by atoms with van der Waals surface area (Å²) in [6.07, 6.45) is 3.66. The lowest BCUT2D eigenvalue weighted by molar-refractivity contribution is 0.00578. The first kappa shape index (κ1) is 36.8. The quantitative estimate of drug-likeness (QED) is 0.121. The smallest absolute Gasteiger partial charge is 0.461 e. The van der Waals surface area contributed by atoms with Gasteiger partial charge in [-0.3, -0.25) is 9.36 Å². The van der Waals surface area contributed by atoms with E-state index in [1.165, 1.54) is 12.1 Å². The average molecular weight is 696 g/mol. The van der Waals surface area contributed by atoms with Crippen LogP contribution in [0.5, 0.6) is 0 Å². The number of esters is 2. The van der Waals surface area contributed by atoms with Gasteiger partial charge in [-0.15, -0.1) is 0 Å². The zero-order valence-electron chi connectivity index (χ0n) is 26.6. The molecule has 18 heteroatoms. The van der Waals surface area contributed by atoms with E-state index in [0.717, 1.165) is 5.59 Å². The molecule has 0 unspecified atom stereocenters. The molecule has 0 radical (unpaired) electrons. The van der Waals surface area contributed by atoms with Crippen LogP contribution in [0.4, 0.5) is 0 Å². The van der Waals surface area contributed by atoms with Crippen molar-refractivity contribution in [2.75, 3.05) is 13.2 Å². The first-order valence-electron chi connectivity index (χ1n) is 14.0. The maximum atomic E-state index is 11.6. The van der Waals surface area contributed by atoms with Crippen molar-refractivity contribution < 1.29 is 28.4 Å². The van der Waals surface area contributed by atoms with Crippen molar-refractivity contribution in [3.8, 4) is 11.4 Å². The molecule has 5 rings (SSSR count). The summed E-state index contributed by atoms with van der Waals surface area (Å²) >= 11 is 16.8. The maximum absolute atomic E-state index is 11.6. The predicted octanol–water partition coefficient (Wildman–Crippen LogP) is 4.39. The van der Waals surface area contributed by atoms with E-state index in [4.69, 9.17) is 53.6 Å². The van der Waals surface area contributed by atoms with Gasteiger partial charge in [0, 0.05) is 32.6 Å². The Balaban J connectivity index is 0.000000191. The SMILES string of the molecule is CCOC(=O)c1cc(-c2ccn(C)n2)nc(Cl)n1.CCOC(=O)c1cc(Cl)nc(Cl)n1.Cn1ccc(B2OC(C)(C)C(C)(C)O2)n1. The lowest BCUT2D eigenvalue weighted by atomic mass is 9.85. The number of carbonyl (C=O) groups excluding carboxylic acids is 2. The van der Waals surface area contributed by atoms with Crippen molar-refractivity contribution >= 4 is 59.5 Å². The Labute approximate surface area is 281 Å². The first-order valence-corrected chi connectivity index (χ1v) is 15.1. The third-order valence-corrected chi connectivity index (χ3v) is 7.07. The Kier molecular flexibility index (Phi) is 12.6. The minimum atomic E-state index is -0.561. The summed E-state index contributed by atoms with van der Waals surface area (Å²) < 4.78 is 24.7. The van der Waals surface area contributed by atoms with Crippen molar-refractivity contribution in [1.29, 1.82) is 0 Å². The highest BCUT2D eigenvalue weighted by Gasteiger charge is 2.52. The molecule has 0 aliphatic carbocycles. The van der Waals surface area contributed by atoms with E-state index < -0.39 is 11.9 Å². The Morgan fingerprint density at radius 3 is 1.72 bits per heavy atom. The molecule has 1 aliphatic rings. The highest BCUT2D eigenvalue weighted by atomic mass is 35.5. The van der Waals surface area contributed by atoms with Gasteiger partial charge in [0.1, 0.15) is 10.8 Å². The number of rotatable bonds is 6. The summed E-state index contributed by atoms with van der Waals surface area (Å²) in [5.74, 6) is -1.09. The minimum absolute atomic E-state index is 0.0128. The van der Waals surface area contributed by atoms with E-state index in [1.54, 1.807) is 42.5 Å². The normalized spacial score (nSPS) is 14.5. The third-order valence-electron chi connectivity index (χ3n) is 6.54. The molecule has 0 atom stereocenters. The van der Waals surface area contributed by atoms with Gasteiger partial charge in [-0.25, -0.2) is 29.5 Å². The van der Waals surface area contributed by atoms with Crippen LogP contribution in [0.25, 0.3) is 11.4 Å². The molecule has 0 bridgehead atoms. The van der Waals surface area contributed by atoms with Crippen LogP contribution in [0, 0.1) is 0 Å². The van der Waals surface area contributed by atoms with Crippen molar-refractivity contribution in [1.82, 2.24) is 39.5 Å². The molecule has 1 aliphatic heterocycles. The van der Waals surface area contributed by atoms with Crippen LogP contribution >= 0.6 is 34.8 Å². The topological polar surface area (TPSA) is 158 Å². The average Bonchev–Trinajstić information content (AvgIpc) is 3.65. The van der Waals surface area contributed by atoms with Crippen molar-refractivity contribution in [2.45, 2.75) is 52.7 Å². The molecule has 0 amide bonds. The van der Waals surface area contributed by atoms with Crippen molar-refractivity contribution in [3.05, 3.63) is 63.8 Å². The van der Waals surface area contributed by atoms with E-state index in [-0.39, 0.29) is 58.6 Å². The predicted molar refractivity (Wildman–Crippen MR) is 172 cm³/mol. The summed E-state index contributed by atoms with van der Waals surface area (Å²) in [5.41, 5.74) is 1.52. The zero-order chi connectivity index (χ0) is 34.2. The Hall–Kier alpha value is -3.63. The third kappa shape index (κ3) is 9.94. The summed E-state index contributed by atoms with van der Waals surface area (Å²) in [5, 5.41) is 8.50. The second-order valence-electron chi connectivity index (χ2n) is 10.6. The van der Waals surface area contributed by atoms with E-state index >= 15 is 0 Å². The largest absolute Gasteiger partial charge is 0.516 e. The number of aryl methyl sites for hydroxylation is 2. The summed E-state index contributed by atoms with van der Waals surface area (Å²) in [7, 11) is 3.32. The van der Waals surface area contributed by atoms with Gasteiger partial charge in [-0.2, -0.15) is 10.2 Å². The monoisotopic (exact) mass is 694 g/mol. The van der Waals surface area contributed by atoms with Crippen LogP contribution < -0.4 is 5.59 Å². The summed E-state index contributed by atoms with van der Waals surface area (Å²) in [4.78, 5) is 37.8. The van der Waals surface area contributed by atoms with Crippen LogP contribution in [0.2, 0.25) is 15.7 Å². The van der Waals surface area contributed by atoms with Crippen LogP contribution in [0.1, 0.15) is 62.5 Å². The molecule has 14 nitrogen and oxygen atoms in total. The van der Waals surface area contributed by atoms with Gasteiger partial charge in [0.05, 0.1) is 35.7 Å². The fourth-order valence-electron chi connectivity index (χ4n) is 3.63. The van der Waals surface area contributed by atoms with Gasteiger partial charge in [-0.1, -0.05) is 11.6 Å². The minimum Gasteiger partial charge on any atom is -0.461 e. The van der Waals surface area contributed by atoms with E-state index in [0.29, 0.717) is 11.4 Å². The Morgan fingerprint density at radius 2 is 1.26 bits per heavy atom. The van der Waals surface area contributed by atoms with Crippen molar-refractivity contribution in [2.24, 2.45) is 14.1 Å². The van der Waals surface area contributed by atoms with Gasteiger partial charge < -0.3 is 18.8 Å². The van der Waals surface area contributed by atoms with E-state index in [1.807, 2.05) is 47.0 Å². The van der Waals surface area contributed by atoms with Crippen LogP contribution in [-0.2, 0) is 32.9 Å². The number of hydrogen-bond donors (Lipinski definition) is 0. The van der Waals surface area contributed by atoms with Gasteiger partial charge in [0.2, 0.25) is 10.6 Å². The van der Waals surface area contributed by atoms with Crippen molar-refractivity contribution in [3.63, 3.8) is 0 Å². The summed E-state index contributed by atoms with van der Waals surface area (Å²) in [6.45, 7) is 12.1. The zero-order valence-corrected chi connectivity index (χ0v) is 28.9. The van der Waals surface area contributed by atoms with E-state index in [2.05, 4.69) is 30.1 Å². The Morgan fingerprint density at radius 1 is 0.761 bits per heavy atom. The van der Waals surface area contributed by atoms with Crippen LogP contribution in [0.3, 0.4) is 0 Å². The fourth-order valence-corrected chi connectivity index (χ4v) is 4.22. The lowest BCUT2D eigenvalue weighted by Crippen LogP contribution is -2.41. The highest BCUT2D eigenvalue weighted by molar-refractivity contribution is 6.61. The maximum Gasteiger partial charge on any atom is 0.516 e. The van der Waals surface area contributed by atoms with E-state index in [9.17, 15) is 9.59 Å². The Bertz CT molecular complexity index is 1630. The number of halogens is 3. The van der Waals surface area contributed by atoms with Crippen LogP contribution in [0.15, 0.2) is 36.7 Å². The number of carbonyl (C=O) groups is 2. The number of aromatic nitrogens is 8. The molecule has 0 aromatic carbocycles. The molecule has 1 fully saturated rings. The lowest BCUT2D eigenvalue weighted by Gasteiger charge is -2.32. The number of hydrogen-bond acceptors (Lipinski definition) is 12. The fraction of sp³-hybridized carbons (Fsp3) is 0.429. The molecule has 0 spiro atoms. The standard InChI is InChI=1S/C11H11ClN4O2.C10H17BN2O2.C7H6Cl2N2O2/c1-3-18-10(17)9-6-8(13-11(12)14-9)7-4-5-16(2)15-7;1-9(2)10(3,4)15-11(14-9)8-6-7-13(5)12-8;1-2-13-6(12)4-3-5(8)11-7(9)10-4/h4-6H,3H2,1-2H3;6-7H,1-5H3;3H,2H2,1H3. The van der Waals surface area contributed by atoms with Gasteiger partial charge in [0.15, 0.2) is 11.4 Å². The second kappa shape index (κ2) is 15.8.